The first-order valence-electron chi connectivity index (χ1n) is 7.47. The summed E-state index contributed by atoms with van der Waals surface area (Å²) < 4.78 is 32.0. The molecule has 0 saturated carbocycles. The molecule has 1 aromatic rings. The van der Waals surface area contributed by atoms with Gasteiger partial charge in [-0.2, -0.15) is 17.0 Å². The lowest BCUT2D eigenvalue weighted by atomic mass is 9.99. The maximum absolute atomic E-state index is 12.4. The molecule has 1 saturated heterocycles. The van der Waals surface area contributed by atoms with Crippen LogP contribution in [0.15, 0.2) is 24.3 Å². The van der Waals surface area contributed by atoms with Gasteiger partial charge in [0.2, 0.25) is 5.91 Å². The molecule has 7 nitrogen and oxygen atoms in total. The van der Waals surface area contributed by atoms with Crippen LogP contribution in [-0.4, -0.2) is 57.2 Å². The van der Waals surface area contributed by atoms with E-state index in [1.807, 2.05) is 0 Å². The Labute approximate surface area is 137 Å². The molecular formula is C15H23N3O4S. The van der Waals surface area contributed by atoms with Crippen LogP contribution >= 0.6 is 0 Å². The van der Waals surface area contributed by atoms with E-state index >= 15 is 0 Å². The first-order valence-corrected chi connectivity index (χ1v) is 8.87. The van der Waals surface area contributed by atoms with Crippen molar-refractivity contribution in [2.75, 3.05) is 39.6 Å². The molecule has 1 unspecified atom stereocenters. The lowest BCUT2D eigenvalue weighted by molar-refractivity contribution is -0.120. The molecule has 1 fully saturated rings. The molecule has 0 aliphatic carbocycles. The fourth-order valence-electron chi connectivity index (χ4n) is 2.52. The maximum Gasteiger partial charge on any atom is 0.281 e. The van der Waals surface area contributed by atoms with Gasteiger partial charge in [-0.3, -0.25) is 4.79 Å². The van der Waals surface area contributed by atoms with Gasteiger partial charge in [-0.15, -0.1) is 0 Å². The van der Waals surface area contributed by atoms with Gasteiger partial charge in [-0.25, -0.2) is 0 Å². The van der Waals surface area contributed by atoms with Crippen LogP contribution in [-0.2, 0) is 15.0 Å². The summed E-state index contributed by atoms with van der Waals surface area (Å²) in [6.45, 7) is 0.662. The highest BCUT2D eigenvalue weighted by atomic mass is 32.2. The molecule has 1 atom stereocenters. The third-order valence-electron chi connectivity index (χ3n) is 3.90. The summed E-state index contributed by atoms with van der Waals surface area (Å²) in [5.41, 5.74) is 0.670. The summed E-state index contributed by atoms with van der Waals surface area (Å²) in [6.07, 6.45) is 1.36. The predicted molar refractivity (Wildman–Crippen MR) is 88.5 cm³/mol. The fourth-order valence-corrected chi connectivity index (χ4v) is 3.71. The van der Waals surface area contributed by atoms with E-state index in [2.05, 4.69) is 5.32 Å². The largest absolute Gasteiger partial charge is 0.497 e. The number of benzene rings is 1. The van der Waals surface area contributed by atoms with Crippen molar-refractivity contribution >= 4 is 21.8 Å². The van der Waals surface area contributed by atoms with Crippen LogP contribution in [0.3, 0.4) is 0 Å². The zero-order valence-electron chi connectivity index (χ0n) is 13.7. The van der Waals surface area contributed by atoms with Crippen molar-refractivity contribution in [3.63, 3.8) is 0 Å². The lowest BCUT2D eigenvalue weighted by Gasteiger charge is -2.32. The second-order valence-electron chi connectivity index (χ2n) is 5.71. The monoisotopic (exact) mass is 341 g/mol. The molecule has 1 heterocycles. The van der Waals surface area contributed by atoms with Crippen LogP contribution in [0.1, 0.15) is 12.8 Å². The Kier molecular flexibility index (Phi) is 5.61. The highest BCUT2D eigenvalue weighted by molar-refractivity contribution is 7.86. The minimum Gasteiger partial charge on any atom is -0.497 e. The molecule has 8 heteroatoms. The van der Waals surface area contributed by atoms with E-state index in [9.17, 15) is 13.2 Å². The smallest absolute Gasteiger partial charge is 0.281 e. The molecule has 2 rings (SSSR count). The minimum atomic E-state index is -3.48. The normalized spacial score (nSPS) is 19.6. The number of hydrogen-bond acceptors (Lipinski definition) is 4. The Balaban J connectivity index is 2.01. The molecule has 0 radical (unpaired) electrons. The Morgan fingerprint density at radius 3 is 2.52 bits per heavy atom. The van der Waals surface area contributed by atoms with Crippen molar-refractivity contribution in [2.24, 2.45) is 5.92 Å². The van der Waals surface area contributed by atoms with Gasteiger partial charge in [0.25, 0.3) is 10.2 Å². The van der Waals surface area contributed by atoms with E-state index < -0.39 is 10.2 Å². The third-order valence-corrected chi connectivity index (χ3v) is 5.81. The summed E-state index contributed by atoms with van der Waals surface area (Å²) in [4.78, 5) is 12.4. The van der Waals surface area contributed by atoms with Crippen LogP contribution in [0.4, 0.5) is 5.69 Å². The Hall–Kier alpha value is -1.64. The Morgan fingerprint density at radius 1 is 1.30 bits per heavy atom. The average Bonchev–Trinajstić information content (AvgIpc) is 2.55. The van der Waals surface area contributed by atoms with Gasteiger partial charge in [0.15, 0.2) is 0 Å². The van der Waals surface area contributed by atoms with Crippen molar-refractivity contribution in [3.05, 3.63) is 24.3 Å². The molecule has 0 bridgehead atoms. The number of carbonyl (C=O) groups excluding carboxylic acids is 1. The Bertz CT molecular complexity index is 643. The predicted octanol–water partition coefficient (Wildman–Crippen LogP) is 1.15. The van der Waals surface area contributed by atoms with E-state index in [-0.39, 0.29) is 18.4 Å². The summed E-state index contributed by atoms with van der Waals surface area (Å²) in [7, 11) is 1.09. The number of methoxy groups -OCH3 is 1. The number of piperidine rings is 1. The number of amides is 1. The molecule has 0 aromatic heterocycles. The highest BCUT2D eigenvalue weighted by Crippen LogP contribution is 2.22. The number of nitrogens with zero attached hydrogens (tertiary/aromatic N) is 2. The number of hydrogen-bond donors (Lipinski definition) is 1. The summed E-state index contributed by atoms with van der Waals surface area (Å²) >= 11 is 0. The zero-order chi connectivity index (χ0) is 17.0. The molecular weight excluding hydrogens is 318 g/mol. The van der Waals surface area contributed by atoms with Gasteiger partial charge in [0, 0.05) is 32.9 Å². The highest BCUT2D eigenvalue weighted by Gasteiger charge is 2.33. The van der Waals surface area contributed by atoms with Crippen LogP contribution in [0.5, 0.6) is 5.75 Å². The van der Waals surface area contributed by atoms with Crippen molar-refractivity contribution in [2.45, 2.75) is 12.8 Å². The van der Waals surface area contributed by atoms with Crippen molar-refractivity contribution in [3.8, 4) is 5.75 Å². The first-order chi connectivity index (χ1) is 10.8. The molecule has 23 heavy (non-hydrogen) atoms. The molecule has 1 N–H and O–H groups in total. The molecule has 0 spiro atoms. The third kappa shape index (κ3) is 4.21. The van der Waals surface area contributed by atoms with E-state index in [1.54, 1.807) is 31.4 Å². The van der Waals surface area contributed by atoms with Gasteiger partial charge in [0.05, 0.1) is 13.0 Å². The second kappa shape index (κ2) is 7.29. The van der Waals surface area contributed by atoms with Gasteiger partial charge >= 0.3 is 0 Å². The lowest BCUT2D eigenvalue weighted by Crippen LogP contribution is -2.47. The number of nitrogens with one attached hydrogen (secondary N) is 1. The number of ether oxygens (including phenoxy) is 1. The van der Waals surface area contributed by atoms with E-state index in [4.69, 9.17) is 4.74 Å². The molecule has 128 valence electrons. The quantitative estimate of drug-likeness (QED) is 0.871. The van der Waals surface area contributed by atoms with Crippen molar-refractivity contribution in [1.82, 2.24) is 8.61 Å². The standard InChI is InChI=1S/C15H23N3O4S/c1-17(2)23(20,21)18-10-4-5-12(11-18)15(19)16-13-6-8-14(22-3)9-7-13/h6-9,12H,4-5,10-11H2,1-3H3,(H,16,19). The summed E-state index contributed by atoms with van der Waals surface area (Å²) in [6, 6.07) is 7.04. The zero-order valence-corrected chi connectivity index (χ0v) is 14.5. The van der Waals surface area contributed by atoms with Gasteiger partial charge in [0.1, 0.15) is 5.75 Å². The van der Waals surface area contributed by atoms with Crippen LogP contribution in [0, 0.1) is 5.92 Å². The first kappa shape index (κ1) is 17.7. The maximum atomic E-state index is 12.4. The van der Waals surface area contributed by atoms with Crippen LogP contribution in [0.25, 0.3) is 0 Å². The van der Waals surface area contributed by atoms with E-state index in [0.29, 0.717) is 30.8 Å². The van der Waals surface area contributed by atoms with Crippen LogP contribution in [0.2, 0.25) is 0 Å². The van der Waals surface area contributed by atoms with Crippen LogP contribution < -0.4 is 10.1 Å². The fraction of sp³-hybridized carbons (Fsp3) is 0.533. The number of carbonyl (C=O) groups is 1. The molecule has 1 amide bonds. The topological polar surface area (TPSA) is 79.0 Å². The molecule has 1 aromatic carbocycles. The van der Waals surface area contributed by atoms with Crippen molar-refractivity contribution < 1.29 is 17.9 Å². The average molecular weight is 341 g/mol. The van der Waals surface area contributed by atoms with Gasteiger partial charge in [-0.1, -0.05) is 0 Å². The second-order valence-corrected chi connectivity index (χ2v) is 7.85. The molecule has 1 aliphatic rings. The van der Waals surface area contributed by atoms with Gasteiger partial charge < -0.3 is 10.1 Å². The number of rotatable bonds is 5. The van der Waals surface area contributed by atoms with E-state index in [0.717, 1.165) is 0 Å². The molecule has 1 aliphatic heterocycles. The van der Waals surface area contributed by atoms with E-state index in [1.165, 1.54) is 22.7 Å². The van der Waals surface area contributed by atoms with Crippen molar-refractivity contribution in [1.29, 1.82) is 0 Å². The number of anilines is 1. The SMILES string of the molecule is COc1ccc(NC(=O)C2CCCN(S(=O)(=O)N(C)C)C2)cc1. The van der Waals surface area contributed by atoms with Gasteiger partial charge in [-0.05, 0) is 37.1 Å². The minimum absolute atomic E-state index is 0.158. The Morgan fingerprint density at radius 2 is 1.96 bits per heavy atom. The summed E-state index contributed by atoms with van der Waals surface area (Å²) in [5, 5.41) is 2.83. The summed E-state index contributed by atoms with van der Waals surface area (Å²) in [5.74, 6) is 0.207.